The third-order valence-electron chi connectivity index (χ3n) is 3.27. The average molecular weight is 307 g/mol. The first kappa shape index (κ1) is 16.7. The fourth-order valence-corrected chi connectivity index (χ4v) is 2.75. The maximum absolute atomic E-state index is 14.9. The van der Waals surface area contributed by atoms with Crippen LogP contribution in [-0.4, -0.2) is 30.1 Å². The number of nitrogens with zero attached hydrogens (tertiary/aromatic N) is 1. The molecule has 0 amide bonds. The third kappa shape index (κ3) is 4.32. The lowest BCUT2D eigenvalue weighted by Gasteiger charge is -2.27. The molecule has 1 saturated heterocycles. The summed E-state index contributed by atoms with van der Waals surface area (Å²) in [6, 6.07) is 7.10. The standard InChI is InChI=1S/C14H20ClFN2.ClH/c1-13(2,17)9-18-7-6-14(16,10-18)11-4-3-5-12(15)8-11;/h3-5,8H,6-7,9-10,17H2,1-2H3;1H. The molecule has 1 aliphatic heterocycles. The first-order valence-electron chi connectivity index (χ1n) is 6.25. The SMILES string of the molecule is CC(C)(N)CN1CCC(F)(c2cccc(Cl)c2)C1.Cl. The van der Waals surface area contributed by atoms with Crippen LogP contribution in [0.2, 0.25) is 5.02 Å². The van der Waals surface area contributed by atoms with Gasteiger partial charge in [0.2, 0.25) is 0 Å². The fourth-order valence-electron chi connectivity index (χ4n) is 2.56. The summed E-state index contributed by atoms with van der Waals surface area (Å²) in [5.41, 5.74) is 5.07. The van der Waals surface area contributed by atoms with E-state index in [1.165, 1.54) is 0 Å². The van der Waals surface area contributed by atoms with Crippen molar-refractivity contribution in [2.24, 2.45) is 5.73 Å². The van der Waals surface area contributed by atoms with E-state index in [1.54, 1.807) is 18.2 Å². The molecular formula is C14H21Cl2FN2. The van der Waals surface area contributed by atoms with Crippen LogP contribution >= 0.6 is 24.0 Å². The van der Waals surface area contributed by atoms with Gasteiger partial charge < -0.3 is 5.73 Å². The monoisotopic (exact) mass is 306 g/mol. The molecule has 2 N–H and O–H groups in total. The molecule has 0 aliphatic carbocycles. The number of rotatable bonds is 3. The maximum Gasteiger partial charge on any atom is 0.149 e. The van der Waals surface area contributed by atoms with E-state index in [0.29, 0.717) is 30.1 Å². The highest BCUT2D eigenvalue weighted by molar-refractivity contribution is 6.30. The van der Waals surface area contributed by atoms with Gasteiger partial charge >= 0.3 is 0 Å². The number of halogens is 3. The summed E-state index contributed by atoms with van der Waals surface area (Å²) in [6.07, 6.45) is 0.503. The number of hydrogen-bond donors (Lipinski definition) is 1. The molecule has 2 rings (SSSR count). The molecule has 1 fully saturated rings. The molecule has 19 heavy (non-hydrogen) atoms. The largest absolute Gasteiger partial charge is 0.324 e. The van der Waals surface area contributed by atoms with Gasteiger partial charge in [0.15, 0.2) is 0 Å². The normalized spacial score (nSPS) is 24.3. The molecule has 0 saturated carbocycles. The first-order chi connectivity index (χ1) is 8.28. The Morgan fingerprint density at radius 1 is 1.47 bits per heavy atom. The zero-order valence-electron chi connectivity index (χ0n) is 11.3. The fraction of sp³-hybridized carbons (Fsp3) is 0.571. The lowest BCUT2D eigenvalue weighted by atomic mass is 9.95. The Balaban J connectivity index is 0.00000180. The molecule has 2 nitrogen and oxygen atoms in total. The molecule has 0 radical (unpaired) electrons. The molecule has 1 aromatic carbocycles. The smallest absolute Gasteiger partial charge is 0.149 e. The van der Waals surface area contributed by atoms with Crippen LogP contribution in [0.4, 0.5) is 4.39 Å². The number of nitrogens with two attached hydrogens (primary N) is 1. The van der Waals surface area contributed by atoms with Crippen molar-refractivity contribution in [3.63, 3.8) is 0 Å². The molecule has 1 aliphatic rings. The molecule has 1 unspecified atom stereocenters. The van der Waals surface area contributed by atoms with Crippen molar-refractivity contribution in [1.29, 1.82) is 0 Å². The number of likely N-dealkylation sites (tertiary alicyclic amines) is 1. The summed E-state index contributed by atoms with van der Waals surface area (Å²) in [7, 11) is 0. The van der Waals surface area contributed by atoms with Crippen molar-refractivity contribution in [2.45, 2.75) is 31.5 Å². The van der Waals surface area contributed by atoms with E-state index in [1.807, 2.05) is 19.9 Å². The van der Waals surface area contributed by atoms with Crippen LogP contribution in [0, 0.1) is 0 Å². The second kappa shape index (κ2) is 5.96. The molecule has 108 valence electrons. The molecule has 0 spiro atoms. The van der Waals surface area contributed by atoms with Gasteiger partial charge in [0, 0.05) is 30.2 Å². The van der Waals surface area contributed by atoms with E-state index in [9.17, 15) is 4.39 Å². The lowest BCUT2D eigenvalue weighted by Crippen LogP contribution is -2.45. The van der Waals surface area contributed by atoms with Gasteiger partial charge in [-0.3, -0.25) is 4.90 Å². The average Bonchev–Trinajstić information content (AvgIpc) is 2.59. The Morgan fingerprint density at radius 2 is 2.16 bits per heavy atom. The first-order valence-corrected chi connectivity index (χ1v) is 6.63. The Morgan fingerprint density at radius 3 is 2.74 bits per heavy atom. The van der Waals surface area contributed by atoms with Gasteiger partial charge in [-0.1, -0.05) is 23.7 Å². The molecule has 5 heteroatoms. The summed E-state index contributed by atoms with van der Waals surface area (Å²) in [5, 5.41) is 0.585. The quantitative estimate of drug-likeness (QED) is 0.927. The van der Waals surface area contributed by atoms with Gasteiger partial charge in [-0.25, -0.2) is 4.39 Å². The van der Waals surface area contributed by atoms with Crippen LogP contribution in [0.5, 0.6) is 0 Å². The summed E-state index contributed by atoms with van der Waals surface area (Å²) in [5.74, 6) is 0. The van der Waals surface area contributed by atoms with Gasteiger partial charge in [0.25, 0.3) is 0 Å². The number of hydrogen-bond acceptors (Lipinski definition) is 2. The third-order valence-corrected chi connectivity index (χ3v) is 3.51. The van der Waals surface area contributed by atoms with Crippen molar-refractivity contribution in [3.05, 3.63) is 34.9 Å². The van der Waals surface area contributed by atoms with Crippen LogP contribution in [0.1, 0.15) is 25.8 Å². The Hall–Kier alpha value is -0.350. The van der Waals surface area contributed by atoms with Crippen molar-refractivity contribution in [3.8, 4) is 0 Å². The molecule has 1 aromatic rings. The van der Waals surface area contributed by atoms with Crippen LogP contribution in [0.15, 0.2) is 24.3 Å². The maximum atomic E-state index is 14.9. The minimum atomic E-state index is -1.30. The molecular weight excluding hydrogens is 286 g/mol. The van der Waals surface area contributed by atoms with E-state index in [4.69, 9.17) is 17.3 Å². The zero-order valence-corrected chi connectivity index (χ0v) is 12.9. The van der Waals surface area contributed by atoms with Gasteiger partial charge in [-0.15, -0.1) is 12.4 Å². The Kier molecular flexibility index (Phi) is 5.24. The van der Waals surface area contributed by atoms with Gasteiger partial charge in [0.05, 0.1) is 0 Å². The lowest BCUT2D eigenvalue weighted by molar-refractivity contribution is 0.158. The van der Waals surface area contributed by atoms with Gasteiger partial charge in [-0.2, -0.15) is 0 Å². The van der Waals surface area contributed by atoms with E-state index < -0.39 is 5.67 Å². The van der Waals surface area contributed by atoms with Crippen LogP contribution in [-0.2, 0) is 5.67 Å². The summed E-state index contributed by atoms with van der Waals surface area (Å²) in [4.78, 5) is 2.08. The van der Waals surface area contributed by atoms with Crippen LogP contribution in [0.25, 0.3) is 0 Å². The minimum absolute atomic E-state index is 0. The van der Waals surface area contributed by atoms with E-state index in [-0.39, 0.29) is 17.9 Å². The highest BCUT2D eigenvalue weighted by atomic mass is 35.5. The summed E-state index contributed by atoms with van der Waals surface area (Å²) in [6.45, 7) is 5.77. The zero-order chi connectivity index (χ0) is 13.4. The van der Waals surface area contributed by atoms with Crippen molar-refractivity contribution >= 4 is 24.0 Å². The summed E-state index contributed by atoms with van der Waals surface area (Å²) < 4.78 is 14.9. The summed E-state index contributed by atoms with van der Waals surface area (Å²) >= 11 is 5.93. The second-order valence-corrected chi connectivity index (χ2v) is 6.36. The van der Waals surface area contributed by atoms with Crippen LogP contribution < -0.4 is 5.73 Å². The molecule has 0 bridgehead atoms. The van der Waals surface area contributed by atoms with E-state index in [0.717, 1.165) is 6.54 Å². The Labute approximate surface area is 125 Å². The molecule has 1 heterocycles. The van der Waals surface area contributed by atoms with Crippen molar-refractivity contribution in [2.75, 3.05) is 19.6 Å². The predicted octanol–water partition coefficient (Wildman–Crippen LogP) is 3.37. The molecule has 0 aromatic heterocycles. The number of benzene rings is 1. The van der Waals surface area contributed by atoms with Gasteiger partial charge in [-0.05, 0) is 38.0 Å². The van der Waals surface area contributed by atoms with Gasteiger partial charge in [0.1, 0.15) is 5.67 Å². The number of alkyl halides is 1. The highest BCUT2D eigenvalue weighted by Crippen LogP contribution is 2.37. The van der Waals surface area contributed by atoms with E-state index >= 15 is 0 Å². The highest BCUT2D eigenvalue weighted by Gasteiger charge is 2.40. The predicted molar refractivity (Wildman–Crippen MR) is 80.8 cm³/mol. The van der Waals surface area contributed by atoms with Crippen LogP contribution in [0.3, 0.4) is 0 Å². The van der Waals surface area contributed by atoms with Crippen molar-refractivity contribution < 1.29 is 4.39 Å². The second-order valence-electron chi connectivity index (χ2n) is 5.92. The molecule has 1 atom stereocenters. The topological polar surface area (TPSA) is 29.3 Å². The Bertz CT molecular complexity index is 434. The minimum Gasteiger partial charge on any atom is -0.324 e. The van der Waals surface area contributed by atoms with E-state index in [2.05, 4.69) is 4.90 Å². The van der Waals surface area contributed by atoms with Crippen molar-refractivity contribution in [1.82, 2.24) is 4.90 Å².